The van der Waals surface area contributed by atoms with E-state index in [-0.39, 0.29) is 6.04 Å². The van der Waals surface area contributed by atoms with Crippen LogP contribution in [0.4, 0.5) is 5.69 Å². The van der Waals surface area contributed by atoms with Crippen molar-refractivity contribution in [1.82, 2.24) is 30.8 Å². The van der Waals surface area contributed by atoms with E-state index >= 15 is 0 Å². The molecule has 0 aliphatic carbocycles. The Morgan fingerprint density at radius 3 is 2.59 bits per heavy atom. The van der Waals surface area contributed by atoms with E-state index in [1.807, 2.05) is 30.3 Å². The lowest BCUT2D eigenvalue weighted by atomic mass is 10.1. The van der Waals surface area contributed by atoms with Gasteiger partial charge in [-0.2, -0.15) is 5.10 Å². The van der Waals surface area contributed by atoms with Gasteiger partial charge in [-0.1, -0.05) is 18.2 Å². The van der Waals surface area contributed by atoms with E-state index < -0.39 is 0 Å². The van der Waals surface area contributed by atoms with Crippen LogP contribution in [0.2, 0.25) is 0 Å². The molecule has 1 aromatic carbocycles. The molecular weight excluding hydrogens is 338 g/mol. The van der Waals surface area contributed by atoms with E-state index in [0.717, 1.165) is 49.6 Å². The summed E-state index contributed by atoms with van der Waals surface area (Å²) >= 11 is 0. The molecule has 2 aromatic heterocycles. The van der Waals surface area contributed by atoms with Crippen molar-refractivity contribution in [2.75, 3.05) is 25.0 Å². The Morgan fingerprint density at radius 1 is 1.04 bits per heavy atom. The molecule has 0 amide bonds. The number of anilines is 1. The normalized spacial score (nSPS) is 16.1. The van der Waals surface area contributed by atoms with Crippen molar-refractivity contribution in [3.8, 4) is 11.4 Å². The topological polar surface area (TPSA) is 90.5 Å². The number of hydrogen-bond acceptors (Lipinski definition) is 6. The molecule has 0 radical (unpaired) electrons. The summed E-state index contributed by atoms with van der Waals surface area (Å²) in [7, 11) is 0. The van der Waals surface area contributed by atoms with Crippen molar-refractivity contribution in [2.45, 2.75) is 24.9 Å². The van der Waals surface area contributed by atoms with E-state index in [1.54, 1.807) is 12.4 Å². The van der Waals surface area contributed by atoms with Crippen molar-refractivity contribution in [3.05, 3.63) is 60.7 Å². The number of pyridine rings is 1. The van der Waals surface area contributed by atoms with Gasteiger partial charge in [0.2, 0.25) is 0 Å². The average Bonchev–Trinajstić information content (AvgIpc) is 3.23. The third-order valence-corrected chi connectivity index (χ3v) is 4.84. The lowest BCUT2D eigenvalue weighted by Gasteiger charge is -2.26. The molecule has 7 nitrogen and oxygen atoms in total. The molecule has 3 aromatic rings. The molecule has 7 heteroatoms. The van der Waals surface area contributed by atoms with Crippen LogP contribution in [0.15, 0.2) is 54.9 Å². The van der Waals surface area contributed by atoms with E-state index in [1.165, 1.54) is 0 Å². The van der Waals surface area contributed by atoms with E-state index in [9.17, 15) is 0 Å². The number of para-hydroxylation sites is 1. The third-order valence-electron chi connectivity index (χ3n) is 4.84. The number of benzene rings is 1. The number of hydrogen-bond donors (Lipinski definition) is 4. The summed E-state index contributed by atoms with van der Waals surface area (Å²) in [6.45, 7) is 2.93. The minimum absolute atomic E-state index is 0.00497. The fourth-order valence-electron chi connectivity index (χ4n) is 3.32. The Kier molecular flexibility index (Phi) is 5.71. The zero-order chi connectivity index (χ0) is 18.3. The van der Waals surface area contributed by atoms with Crippen LogP contribution in [0.25, 0.3) is 11.4 Å². The van der Waals surface area contributed by atoms with Crippen molar-refractivity contribution in [2.24, 2.45) is 0 Å². The molecule has 1 saturated heterocycles. The maximum absolute atomic E-state index is 4.73. The van der Waals surface area contributed by atoms with Gasteiger partial charge in [0.1, 0.15) is 5.82 Å². The highest BCUT2D eigenvalue weighted by atomic mass is 15.2. The van der Waals surface area contributed by atoms with Gasteiger partial charge in [-0.25, -0.2) is 4.98 Å². The molecule has 0 saturated carbocycles. The first kappa shape index (κ1) is 17.6. The summed E-state index contributed by atoms with van der Waals surface area (Å²) in [6.07, 6.45) is 5.81. The predicted molar refractivity (Wildman–Crippen MR) is 106 cm³/mol. The average molecular weight is 363 g/mol. The summed E-state index contributed by atoms with van der Waals surface area (Å²) in [4.78, 5) is 8.79. The fourth-order valence-corrected chi connectivity index (χ4v) is 3.32. The number of piperidine rings is 1. The molecular formula is C20H25N7. The van der Waals surface area contributed by atoms with Gasteiger partial charge in [-0.15, -0.1) is 0 Å². The maximum atomic E-state index is 4.73. The van der Waals surface area contributed by atoms with Gasteiger partial charge in [0.15, 0.2) is 5.82 Å². The predicted octanol–water partition coefficient (Wildman–Crippen LogP) is 2.36. The zero-order valence-corrected chi connectivity index (χ0v) is 15.2. The Hall–Kier alpha value is -2.77. The second kappa shape index (κ2) is 8.75. The van der Waals surface area contributed by atoms with Crippen LogP contribution in [-0.2, 0) is 0 Å². The van der Waals surface area contributed by atoms with Gasteiger partial charge in [0.25, 0.3) is 0 Å². The Bertz CT molecular complexity index is 813. The molecule has 0 spiro atoms. The molecule has 27 heavy (non-hydrogen) atoms. The van der Waals surface area contributed by atoms with E-state index in [2.05, 4.69) is 43.3 Å². The summed E-state index contributed by atoms with van der Waals surface area (Å²) < 4.78 is 0. The molecule has 3 heterocycles. The first-order valence-corrected chi connectivity index (χ1v) is 9.47. The molecule has 1 atom stereocenters. The highest BCUT2D eigenvalue weighted by Gasteiger charge is 2.20. The van der Waals surface area contributed by atoms with Crippen molar-refractivity contribution >= 4 is 5.69 Å². The van der Waals surface area contributed by atoms with Crippen LogP contribution in [-0.4, -0.2) is 45.8 Å². The highest BCUT2D eigenvalue weighted by molar-refractivity contribution is 5.53. The van der Waals surface area contributed by atoms with Gasteiger partial charge >= 0.3 is 0 Å². The highest BCUT2D eigenvalue weighted by Crippen LogP contribution is 2.20. The van der Waals surface area contributed by atoms with Crippen LogP contribution in [0, 0.1) is 0 Å². The number of nitrogens with one attached hydrogen (secondary N) is 4. The standard InChI is InChI=1S/C20H25N7/c1-2-4-17(5-3-1)24-18(14-23-16-8-12-22-13-9-16)20-25-19(26-27-20)15-6-10-21-11-7-15/h1-7,10-11,16,18,22-24H,8-9,12-14H2,(H,25,26,27). The van der Waals surface area contributed by atoms with Gasteiger partial charge in [-0.3, -0.25) is 10.1 Å². The van der Waals surface area contributed by atoms with Crippen LogP contribution < -0.4 is 16.0 Å². The van der Waals surface area contributed by atoms with Gasteiger partial charge < -0.3 is 16.0 Å². The lowest BCUT2D eigenvalue weighted by molar-refractivity contribution is 0.380. The molecule has 1 fully saturated rings. The minimum atomic E-state index is 0.00497. The molecule has 0 bridgehead atoms. The number of aromatic amines is 1. The molecule has 1 aliphatic heterocycles. The fraction of sp³-hybridized carbons (Fsp3) is 0.350. The van der Waals surface area contributed by atoms with Crippen LogP contribution >= 0.6 is 0 Å². The SMILES string of the molecule is c1ccc(NC(CNC2CCNCC2)c2nc(-c3ccncc3)n[nH]2)cc1. The molecule has 4 N–H and O–H groups in total. The second-order valence-electron chi connectivity index (χ2n) is 6.78. The second-order valence-corrected chi connectivity index (χ2v) is 6.78. The zero-order valence-electron chi connectivity index (χ0n) is 15.2. The number of rotatable bonds is 7. The van der Waals surface area contributed by atoms with Crippen LogP contribution in [0.3, 0.4) is 0 Å². The smallest absolute Gasteiger partial charge is 0.181 e. The largest absolute Gasteiger partial charge is 0.374 e. The first-order chi connectivity index (χ1) is 13.4. The molecule has 1 unspecified atom stereocenters. The quantitative estimate of drug-likeness (QED) is 0.515. The Morgan fingerprint density at radius 2 is 1.81 bits per heavy atom. The van der Waals surface area contributed by atoms with Crippen molar-refractivity contribution in [1.29, 1.82) is 0 Å². The summed E-state index contributed by atoms with van der Waals surface area (Å²) in [5.74, 6) is 1.52. The monoisotopic (exact) mass is 363 g/mol. The molecule has 1 aliphatic rings. The van der Waals surface area contributed by atoms with Gasteiger partial charge in [-0.05, 0) is 50.2 Å². The van der Waals surface area contributed by atoms with Crippen LogP contribution in [0.1, 0.15) is 24.7 Å². The Labute approximate surface area is 159 Å². The van der Waals surface area contributed by atoms with Crippen molar-refractivity contribution < 1.29 is 0 Å². The van der Waals surface area contributed by atoms with Crippen molar-refractivity contribution in [3.63, 3.8) is 0 Å². The number of aromatic nitrogens is 4. The minimum Gasteiger partial charge on any atom is -0.374 e. The third kappa shape index (κ3) is 4.69. The molecule has 140 valence electrons. The van der Waals surface area contributed by atoms with Gasteiger partial charge in [0, 0.05) is 36.2 Å². The number of nitrogens with zero attached hydrogens (tertiary/aromatic N) is 3. The van der Waals surface area contributed by atoms with Crippen LogP contribution in [0.5, 0.6) is 0 Å². The summed E-state index contributed by atoms with van der Waals surface area (Å²) in [5, 5.41) is 18.2. The Balaban J connectivity index is 1.50. The summed E-state index contributed by atoms with van der Waals surface area (Å²) in [6, 6.07) is 14.6. The first-order valence-electron chi connectivity index (χ1n) is 9.47. The van der Waals surface area contributed by atoms with Gasteiger partial charge in [0.05, 0.1) is 6.04 Å². The summed E-state index contributed by atoms with van der Waals surface area (Å²) in [5.41, 5.74) is 2.02. The van der Waals surface area contributed by atoms with E-state index in [4.69, 9.17) is 4.98 Å². The number of H-pyrrole nitrogens is 1. The lowest BCUT2D eigenvalue weighted by Crippen LogP contribution is -2.42. The molecule has 4 rings (SSSR count). The van der Waals surface area contributed by atoms with E-state index in [0.29, 0.717) is 11.9 Å². The maximum Gasteiger partial charge on any atom is 0.181 e.